The first kappa shape index (κ1) is 13.3. The van der Waals surface area contributed by atoms with Crippen molar-refractivity contribution < 1.29 is 13.5 Å². The van der Waals surface area contributed by atoms with Crippen LogP contribution in [0.4, 0.5) is 14.5 Å². The molecule has 0 aliphatic carbocycles. The van der Waals surface area contributed by atoms with Gasteiger partial charge in [0.25, 0.3) is 0 Å². The van der Waals surface area contributed by atoms with Crippen LogP contribution in [0.3, 0.4) is 0 Å². The van der Waals surface area contributed by atoms with E-state index in [0.29, 0.717) is 12.1 Å². The van der Waals surface area contributed by atoms with Crippen LogP contribution in [-0.2, 0) is 6.54 Å². The molecule has 2 rings (SSSR count). The van der Waals surface area contributed by atoms with Gasteiger partial charge in [0.05, 0.1) is 12.8 Å². The summed E-state index contributed by atoms with van der Waals surface area (Å²) < 4.78 is 31.3. The highest BCUT2D eigenvalue weighted by atomic mass is 19.2. The zero-order chi connectivity index (χ0) is 13.8. The Hall–Kier alpha value is -2.10. The van der Waals surface area contributed by atoms with E-state index in [2.05, 4.69) is 0 Å². The first-order valence-electron chi connectivity index (χ1n) is 5.90. The van der Waals surface area contributed by atoms with Crippen LogP contribution < -0.4 is 9.64 Å². The number of methoxy groups -OCH3 is 1. The molecule has 0 radical (unpaired) electrons. The first-order chi connectivity index (χ1) is 9.11. The molecule has 4 heteroatoms. The van der Waals surface area contributed by atoms with Gasteiger partial charge in [-0.3, -0.25) is 0 Å². The normalized spacial score (nSPS) is 10.3. The summed E-state index contributed by atoms with van der Waals surface area (Å²) in [5.41, 5.74) is 1.60. The summed E-state index contributed by atoms with van der Waals surface area (Å²) in [5.74, 6) is -0.915. The fourth-order valence-electron chi connectivity index (χ4n) is 1.94. The van der Waals surface area contributed by atoms with Gasteiger partial charge in [0.2, 0.25) is 0 Å². The van der Waals surface area contributed by atoms with Gasteiger partial charge in [0.15, 0.2) is 11.6 Å². The highest BCUT2D eigenvalue weighted by molar-refractivity contribution is 5.58. The van der Waals surface area contributed by atoms with Gasteiger partial charge < -0.3 is 9.64 Å². The van der Waals surface area contributed by atoms with E-state index >= 15 is 0 Å². The number of rotatable bonds is 4. The largest absolute Gasteiger partial charge is 0.495 e. The number of halogens is 2. The molecule has 0 heterocycles. The van der Waals surface area contributed by atoms with Crippen molar-refractivity contribution in [1.29, 1.82) is 0 Å². The lowest BCUT2D eigenvalue weighted by Gasteiger charge is -2.21. The Bertz CT molecular complexity index is 572. The van der Waals surface area contributed by atoms with Gasteiger partial charge in [-0.2, -0.15) is 0 Å². The highest BCUT2D eigenvalue weighted by Crippen LogP contribution is 2.27. The van der Waals surface area contributed by atoms with Crippen LogP contribution in [0.15, 0.2) is 42.5 Å². The van der Waals surface area contributed by atoms with Crippen molar-refractivity contribution in [1.82, 2.24) is 0 Å². The molecule has 19 heavy (non-hydrogen) atoms. The monoisotopic (exact) mass is 263 g/mol. The fraction of sp³-hybridized carbons (Fsp3) is 0.200. The Morgan fingerprint density at radius 1 is 1.05 bits per heavy atom. The highest BCUT2D eigenvalue weighted by Gasteiger charge is 2.09. The lowest BCUT2D eigenvalue weighted by atomic mass is 10.2. The number of ether oxygens (including phenoxy) is 1. The van der Waals surface area contributed by atoms with Crippen molar-refractivity contribution in [2.24, 2.45) is 0 Å². The Kier molecular flexibility index (Phi) is 4.00. The van der Waals surface area contributed by atoms with E-state index in [1.807, 2.05) is 36.2 Å². The standard InChI is InChI=1S/C15H15F2NO/c1-18(14-5-3-4-6-15(14)19-2)10-11-7-8-12(16)13(17)9-11/h3-9H,10H2,1-2H3. The van der Waals surface area contributed by atoms with Crippen LogP contribution in [0.25, 0.3) is 0 Å². The Labute approximate surface area is 111 Å². The summed E-state index contributed by atoms with van der Waals surface area (Å²) in [6.45, 7) is 0.470. The quantitative estimate of drug-likeness (QED) is 0.835. The van der Waals surface area contributed by atoms with Crippen molar-refractivity contribution in [3.8, 4) is 5.75 Å². The number of hydrogen-bond acceptors (Lipinski definition) is 2. The van der Waals surface area contributed by atoms with Crippen LogP contribution in [0, 0.1) is 11.6 Å². The maximum atomic E-state index is 13.2. The van der Waals surface area contributed by atoms with Gasteiger partial charge in [0, 0.05) is 13.6 Å². The zero-order valence-electron chi connectivity index (χ0n) is 10.9. The predicted octanol–water partition coefficient (Wildman–Crippen LogP) is 3.61. The van der Waals surface area contributed by atoms with Crippen molar-refractivity contribution in [3.63, 3.8) is 0 Å². The van der Waals surface area contributed by atoms with Gasteiger partial charge >= 0.3 is 0 Å². The summed E-state index contributed by atoms with van der Waals surface area (Å²) in [6.07, 6.45) is 0. The second-order valence-corrected chi connectivity index (χ2v) is 4.28. The lowest BCUT2D eigenvalue weighted by molar-refractivity contribution is 0.415. The van der Waals surface area contributed by atoms with Crippen LogP contribution in [0.1, 0.15) is 5.56 Å². The summed E-state index contributed by atoms with van der Waals surface area (Å²) >= 11 is 0. The van der Waals surface area contributed by atoms with E-state index < -0.39 is 11.6 Å². The van der Waals surface area contributed by atoms with Crippen molar-refractivity contribution in [2.45, 2.75) is 6.54 Å². The topological polar surface area (TPSA) is 12.5 Å². The molecule has 0 atom stereocenters. The summed E-state index contributed by atoms with van der Waals surface area (Å²) in [5, 5.41) is 0. The molecule has 0 amide bonds. The van der Waals surface area contributed by atoms with Crippen LogP contribution in [0.2, 0.25) is 0 Å². The van der Waals surface area contributed by atoms with E-state index in [1.165, 1.54) is 6.07 Å². The molecule has 0 aliphatic rings. The minimum atomic E-state index is -0.830. The summed E-state index contributed by atoms with van der Waals surface area (Å²) in [4.78, 5) is 1.92. The van der Waals surface area contributed by atoms with E-state index in [9.17, 15) is 8.78 Å². The third-order valence-corrected chi connectivity index (χ3v) is 2.90. The number of anilines is 1. The molecule has 2 nitrogen and oxygen atoms in total. The summed E-state index contributed by atoms with van der Waals surface area (Å²) in [6, 6.07) is 11.5. The second-order valence-electron chi connectivity index (χ2n) is 4.28. The molecule has 0 bridgehead atoms. The van der Waals surface area contributed by atoms with Crippen molar-refractivity contribution in [2.75, 3.05) is 19.1 Å². The minimum Gasteiger partial charge on any atom is -0.495 e. The molecule has 2 aromatic rings. The molecule has 100 valence electrons. The fourth-order valence-corrected chi connectivity index (χ4v) is 1.94. The minimum absolute atomic E-state index is 0.470. The molecule has 0 aromatic heterocycles. The van der Waals surface area contributed by atoms with E-state index in [4.69, 9.17) is 4.74 Å². The average Bonchev–Trinajstić information content (AvgIpc) is 2.43. The Balaban J connectivity index is 2.20. The zero-order valence-corrected chi connectivity index (χ0v) is 10.9. The number of para-hydroxylation sites is 2. The van der Waals surface area contributed by atoms with E-state index in [1.54, 1.807) is 13.2 Å². The molecule has 0 aliphatic heterocycles. The molecule has 0 saturated heterocycles. The lowest BCUT2D eigenvalue weighted by Crippen LogP contribution is -2.17. The van der Waals surface area contributed by atoms with E-state index in [0.717, 1.165) is 17.5 Å². The maximum Gasteiger partial charge on any atom is 0.159 e. The van der Waals surface area contributed by atoms with Gasteiger partial charge in [-0.25, -0.2) is 8.78 Å². The predicted molar refractivity (Wildman–Crippen MR) is 71.5 cm³/mol. The van der Waals surface area contributed by atoms with Gasteiger partial charge in [-0.05, 0) is 29.8 Å². The van der Waals surface area contributed by atoms with Crippen LogP contribution in [-0.4, -0.2) is 14.2 Å². The van der Waals surface area contributed by atoms with Gasteiger partial charge in [-0.15, -0.1) is 0 Å². The van der Waals surface area contributed by atoms with E-state index in [-0.39, 0.29) is 0 Å². The SMILES string of the molecule is COc1ccccc1N(C)Cc1ccc(F)c(F)c1. The summed E-state index contributed by atoms with van der Waals surface area (Å²) in [7, 11) is 3.48. The van der Waals surface area contributed by atoms with Crippen LogP contribution >= 0.6 is 0 Å². The van der Waals surface area contributed by atoms with Gasteiger partial charge in [0.1, 0.15) is 5.75 Å². The number of hydrogen-bond donors (Lipinski definition) is 0. The molecule has 2 aromatic carbocycles. The molecular formula is C15H15F2NO. The maximum absolute atomic E-state index is 13.2. The third-order valence-electron chi connectivity index (χ3n) is 2.90. The molecule has 0 spiro atoms. The first-order valence-corrected chi connectivity index (χ1v) is 5.90. The molecular weight excluding hydrogens is 248 g/mol. The molecule has 0 unspecified atom stereocenters. The molecule has 0 N–H and O–H groups in total. The number of benzene rings is 2. The van der Waals surface area contributed by atoms with Crippen LogP contribution in [0.5, 0.6) is 5.75 Å². The van der Waals surface area contributed by atoms with Crippen molar-refractivity contribution in [3.05, 3.63) is 59.7 Å². The second kappa shape index (κ2) is 5.69. The molecule has 0 saturated carbocycles. The van der Waals surface area contributed by atoms with Crippen molar-refractivity contribution >= 4 is 5.69 Å². The Morgan fingerprint density at radius 2 is 1.79 bits per heavy atom. The molecule has 0 fully saturated rings. The smallest absolute Gasteiger partial charge is 0.159 e. The van der Waals surface area contributed by atoms with Gasteiger partial charge in [-0.1, -0.05) is 18.2 Å². The average molecular weight is 263 g/mol. The number of nitrogens with zero attached hydrogens (tertiary/aromatic N) is 1. The third kappa shape index (κ3) is 3.02. The Morgan fingerprint density at radius 3 is 2.47 bits per heavy atom.